The van der Waals surface area contributed by atoms with Crippen molar-refractivity contribution in [3.05, 3.63) is 67.1 Å². The summed E-state index contributed by atoms with van der Waals surface area (Å²) in [5.41, 5.74) is 4.13. The normalized spacial score (nSPS) is 11.0. The van der Waals surface area contributed by atoms with Gasteiger partial charge in [-0.05, 0) is 23.4 Å². The first-order valence-corrected chi connectivity index (χ1v) is 9.49. The highest BCUT2D eigenvalue weighted by Gasteiger charge is 2.18. The Hall–Kier alpha value is -2.79. The summed E-state index contributed by atoms with van der Waals surface area (Å²) in [5, 5.41) is 2.08. The molecule has 2 aromatic heterocycles. The largest absolute Gasteiger partial charge is 0.495 e. The summed E-state index contributed by atoms with van der Waals surface area (Å²) in [6.07, 6.45) is 3.77. The first-order chi connectivity index (χ1) is 12.8. The van der Waals surface area contributed by atoms with Crippen molar-refractivity contribution >= 4 is 22.8 Å². The molecule has 130 valence electrons. The Morgan fingerprint density at radius 1 is 1.00 bits per heavy atom. The molecule has 0 aliphatic carbocycles. The standard InChI is InChI=1S/C21H19N3OS/c1-3-26-21-19-16(15-9-5-4-6-10-15)13-24(20(19)22-14-23-21)17-11-7-8-12-18(17)25-2/h4-14H,3H2,1-2H3. The molecule has 0 aliphatic heterocycles. The lowest BCUT2D eigenvalue weighted by Gasteiger charge is -2.10. The third-order valence-electron chi connectivity index (χ3n) is 4.26. The molecule has 0 saturated carbocycles. The SMILES string of the molecule is CCSc1ncnc2c1c(-c1ccccc1)cn2-c1ccccc1OC. The van der Waals surface area contributed by atoms with Gasteiger partial charge in [0.1, 0.15) is 22.7 Å². The predicted octanol–water partition coefficient (Wildman–Crippen LogP) is 5.21. The van der Waals surface area contributed by atoms with Gasteiger partial charge >= 0.3 is 0 Å². The van der Waals surface area contributed by atoms with E-state index in [1.165, 1.54) is 0 Å². The molecule has 5 heteroatoms. The Kier molecular flexibility index (Phi) is 4.63. The first kappa shape index (κ1) is 16.7. The summed E-state index contributed by atoms with van der Waals surface area (Å²) < 4.78 is 7.67. The summed E-state index contributed by atoms with van der Waals surface area (Å²) in [6.45, 7) is 2.14. The van der Waals surface area contributed by atoms with Crippen molar-refractivity contribution in [1.29, 1.82) is 0 Å². The van der Waals surface area contributed by atoms with Crippen LogP contribution in [-0.2, 0) is 0 Å². The van der Waals surface area contributed by atoms with Crippen LogP contribution in [0.4, 0.5) is 0 Å². The number of methoxy groups -OCH3 is 1. The second-order valence-electron chi connectivity index (χ2n) is 5.76. The van der Waals surface area contributed by atoms with E-state index in [1.807, 2.05) is 30.3 Å². The quantitative estimate of drug-likeness (QED) is 0.361. The molecule has 2 heterocycles. The average Bonchev–Trinajstić information content (AvgIpc) is 3.09. The lowest BCUT2D eigenvalue weighted by atomic mass is 10.1. The summed E-state index contributed by atoms with van der Waals surface area (Å²) in [5.74, 6) is 1.77. The molecule has 0 saturated heterocycles. The van der Waals surface area contributed by atoms with Crippen LogP contribution >= 0.6 is 11.8 Å². The second kappa shape index (κ2) is 7.22. The van der Waals surface area contributed by atoms with E-state index in [1.54, 1.807) is 25.2 Å². The molecule has 0 unspecified atom stereocenters. The minimum Gasteiger partial charge on any atom is -0.495 e. The number of hydrogen-bond donors (Lipinski definition) is 0. The maximum Gasteiger partial charge on any atom is 0.149 e. The van der Waals surface area contributed by atoms with Gasteiger partial charge in [0.25, 0.3) is 0 Å². The number of aromatic nitrogens is 3. The number of rotatable bonds is 5. The van der Waals surface area contributed by atoms with Gasteiger partial charge in [-0.3, -0.25) is 4.57 Å². The molecule has 0 amide bonds. The molecule has 4 rings (SSSR count). The van der Waals surface area contributed by atoms with E-state index in [0.717, 1.165) is 44.4 Å². The Morgan fingerprint density at radius 2 is 1.77 bits per heavy atom. The highest BCUT2D eigenvalue weighted by Crippen LogP contribution is 2.38. The van der Waals surface area contributed by atoms with Gasteiger partial charge in [0, 0.05) is 11.8 Å². The molecule has 0 N–H and O–H groups in total. The molecular weight excluding hydrogens is 342 g/mol. The van der Waals surface area contributed by atoms with Crippen LogP contribution in [0.3, 0.4) is 0 Å². The Balaban J connectivity index is 2.05. The predicted molar refractivity (Wildman–Crippen MR) is 107 cm³/mol. The third kappa shape index (κ3) is 2.84. The van der Waals surface area contributed by atoms with Crippen LogP contribution in [0.25, 0.3) is 27.8 Å². The fourth-order valence-electron chi connectivity index (χ4n) is 3.13. The van der Waals surface area contributed by atoms with E-state index >= 15 is 0 Å². The van der Waals surface area contributed by atoms with Gasteiger partial charge in [-0.25, -0.2) is 9.97 Å². The number of nitrogens with zero attached hydrogens (tertiary/aromatic N) is 3. The summed E-state index contributed by atoms with van der Waals surface area (Å²) >= 11 is 1.74. The number of hydrogen-bond acceptors (Lipinski definition) is 4. The lowest BCUT2D eigenvalue weighted by molar-refractivity contribution is 0.413. The highest BCUT2D eigenvalue weighted by atomic mass is 32.2. The molecule has 0 radical (unpaired) electrons. The lowest BCUT2D eigenvalue weighted by Crippen LogP contribution is -1.98. The zero-order valence-corrected chi connectivity index (χ0v) is 15.5. The molecule has 26 heavy (non-hydrogen) atoms. The maximum atomic E-state index is 5.57. The van der Waals surface area contributed by atoms with Crippen molar-refractivity contribution in [1.82, 2.24) is 14.5 Å². The number of para-hydroxylation sites is 2. The second-order valence-corrected chi connectivity index (χ2v) is 7.01. The summed E-state index contributed by atoms with van der Waals surface area (Å²) in [6, 6.07) is 18.4. The van der Waals surface area contributed by atoms with Gasteiger partial charge in [-0.1, -0.05) is 49.4 Å². The molecular formula is C21H19N3OS. The maximum absolute atomic E-state index is 5.57. The van der Waals surface area contributed by atoms with Crippen molar-refractivity contribution in [3.63, 3.8) is 0 Å². The van der Waals surface area contributed by atoms with Gasteiger partial charge in [0.2, 0.25) is 0 Å². The van der Waals surface area contributed by atoms with Crippen molar-refractivity contribution in [3.8, 4) is 22.6 Å². The fraction of sp³-hybridized carbons (Fsp3) is 0.143. The van der Waals surface area contributed by atoms with E-state index in [2.05, 4.69) is 51.9 Å². The molecule has 4 nitrogen and oxygen atoms in total. The molecule has 0 fully saturated rings. The minimum atomic E-state index is 0.812. The van der Waals surface area contributed by atoms with E-state index in [4.69, 9.17) is 4.74 Å². The van der Waals surface area contributed by atoms with Crippen LogP contribution in [0.2, 0.25) is 0 Å². The fourth-order valence-corrected chi connectivity index (χ4v) is 3.87. The van der Waals surface area contributed by atoms with Crippen LogP contribution in [0.15, 0.2) is 72.1 Å². The molecule has 0 atom stereocenters. The van der Waals surface area contributed by atoms with Crippen LogP contribution < -0.4 is 4.74 Å². The zero-order valence-electron chi connectivity index (χ0n) is 14.7. The van der Waals surface area contributed by atoms with Crippen LogP contribution in [0.5, 0.6) is 5.75 Å². The third-order valence-corrected chi connectivity index (χ3v) is 5.13. The van der Waals surface area contributed by atoms with Crippen molar-refractivity contribution < 1.29 is 4.74 Å². The zero-order chi connectivity index (χ0) is 17.9. The number of thioether (sulfide) groups is 1. The van der Waals surface area contributed by atoms with Crippen molar-refractivity contribution in [2.24, 2.45) is 0 Å². The summed E-state index contributed by atoms with van der Waals surface area (Å²) in [7, 11) is 1.69. The highest BCUT2D eigenvalue weighted by molar-refractivity contribution is 7.99. The summed E-state index contributed by atoms with van der Waals surface area (Å²) in [4.78, 5) is 9.14. The van der Waals surface area contributed by atoms with Gasteiger partial charge in [0.15, 0.2) is 0 Å². The molecule has 2 aromatic carbocycles. The number of ether oxygens (including phenoxy) is 1. The van der Waals surface area contributed by atoms with E-state index in [-0.39, 0.29) is 0 Å². The van der Waals surface area contributed by atoms with Gasteiger partial charge in [-0.2, -0.15) is 0 Å². The Labute approximate surface area is 156 Å². The van der Waals surface area contributed by atoms with Gasteiger partial charge in [0.05, 0.1) is 18.2 Å². The Bertz CT molecular complexity index is 1040. The topological polar surface area (TPSA) is 39.9 Å². The van der Waals surface area contributed by atoms with Crippen LogP contribution in [-0.4, -0.2) is 27.4 Å². The molecule has 0 bridgehead atoms. The number of benzene rings is 2. The van der Waals surface area contributed by atoms with Crippen molar-refractivity contribution in [2.75, 3.05) is 12.9 Å². The monoisotopic (exact) mass is 361 g/mol. The smallest absolute Gasteiger partial charge is 0.149 e. The van der Waals surface area contributed by atoms with Gasteiger partial charge in [-0.15, -0.1) is 11.8 Å². The van der Waals surface area contributed by atoms with Crippen molar-refractivity contribution in [2.45, 2.75) is 11.9 Å². The molecule has 4 aromatic rings. The van der Waals surface area contributed by atoms with Crippen LogP contribution in [0.1, 0.15) is 6.92 Å². The van der Waals surface area contributed by atoms with E-state index in [0.29, 0.717) is 0 Å². The first-order valence-electron chi connectivity index (χ1n) is 8.51. The van der Waals surface area contributed by atoms with Gasteiger partial charge < -0.3 is 4.74 Å². The average molecular weight is 361 g/mol. The van der Waals surface area contributed by atoms with E-state index in [9.17, 15) is 0 Å². The Morgan fingerprint density at radius 3 is 2.54 bits per heavy atom. The molecule has 0 aliphatic rings. The van der Waals surface area contributed by atoms with Crippen LogP contribution in [0, 0.1) is 0 Å². The molecule has 0 spiro atoms. The van der Waals surface area contributed by atoms with E-state index < -0.39 is 0 Å². The number of fused-ring (bicyclic) bond motifs is 1. The minimum absolute atomic E-state index is 0.812.